The van der Waals surface area contributed by atoms with E-state index in [1.165, 1.54) is 0 Å². The third kappa shape index (κ3) is 4.14. The summed E-state index contributed by atoms with van der Waals surface area (Å²) in [6.07, 6.45) is 1.67. The van der Waals surface area contributed by atoms with Crippen molar-refractivity contribution in [3.63, 3.8) is 0 Å². The summed E-state index contributed by atoms with van der Waals surface area (Å²) in [5.74, 6) is 0.548. The number of fused-ring (bicyclic) bond motifs is 1. The minimum Gasteiger partial charge on any atom is -0.372 e. The first-order valence-corrected chi connectivity index (χ1v) is 10.2. The monoisotopic (exact) mass is 419 g/mol. The fourth-order valence-electron chi connectivity index (χ4n) is 3.36. The lowest BCUT2D eigenvalue weighted by Crippen LogP contribution is -2.21. The number of anilines is 2. The van der Waals surface area contributed by atoms with E-state index in [4.69, 9.17) is 11.6 Å². The Kier molecular flexibility index (Phi) is 5.68. The number of hydrogen-bond donors (Lipinski definition) is 2. The van der Waals surface area contributed by atoms with Crippen LogP contribution in [-0.2, 0) is 0 Å². The van der Waals surface area contributed by atoms with E-state index in [1.807, 2.05) is 48.5 Å². The second-order valence-electron chi connectivity index (χ2n) is 6.86. The number of nitrogens with zero attached hydrogens (tertiary/aromatic N) is 3. The zero-order valence-electron chi connectivity index (χ0n) is 16.8. The molecule has 7 heteroatoms. The molecule has 30 heavy (non-hydrogen) atoms. The summed E-state index contributed by atoms with van der Waals surface area (Å²) in [7, 11) is 0. The van der Waals surface area contributed by atoms with E-state index in [0.29, 0.717) is 22.2 Å². The Hall–Kier alpha value is -3.38. The number of aromatic amines is 1. The van der Waals surface area contributed by atoms with Crippen molar-refractivity contribution in [3.05, 3.63) is 71.5 Å². The molecule has 0 unspecified atom stereocenters. The fourth-order valence-corrected chi connectivity index (χ4v) is 3.47. The van der Waals surface area contributed by atoms with Gasteiger partial charge < -0.3 is 15.2 Å². The maximum absolute atomic E-state index is 12.7. The van der Waals surface area contributed by atoms with Crippen LogP contribution in [-0.4, -0.2) is 33.9 Å². The predicted octanol–water partition coefficient (Wildman–Crippen LogP) is 5.38. The molecular formula is C23H22ClN5O. The number of hydrogen-bond acceptors (Lipinski definition) is 4. The molecule has 0 radical (unpaired) electrons. The minimum absolute atomic E-state index is 0.151. The Morgan fingerprint density at radius 3 is 2.50 bits per heavy atom. The van der Waals surface area contributed by atoms with Crippen LogP contribution >= 0.6 is 11.6 Å². The number of carbonyl (C=O) groups is 1. The molecule has 0 saturated carbocycles. The van der Waals surface area contributed by atoms with Crippen LogP contribution in [0, 0.1) is 0 Å². The van der Waals surface area contributed by atoms with Crippen LogP contribution in [0.2, 0.25) is 5.15 Å². The topological polar surface area (TPSA) is 73.9 Å². The molecule has 0 atom stereocenters. The Bertz CT molecular complexity index is 1160. The number of halogens is 1. The molecule has 0 aliphatic carbocycles. The second kappa shape index (κ2) is 8.55. The standard InChI is InChI=1S/C23H22ClN5O/c1-3-29(4-2)18-9-5-15(6-10-18)23(30)26-17-8-11-19-20(13-17)28-22(27-19)16-7-12-21(24)25-14-16/h5-14H,3-4H2,1-2H3,(H,26,30)(H,27,28). The number of nitrogens with one attached hydrogen (secondary N) is 2. The normalized spacial score (nSPS) is 10.9. The van der Waals surface area contributed by atoms with Crippen LogP contribution in [0.3, 0.4) is 0 Å². The zero-order chi connectivity index (χ0) is 21.1. The minimum atomic E-state index is -0.151. The summed E-state index contributed by atoms with van der Waals surface area (Å²) in [6.45, 7) is 6.09. The number of amides is 1. The largest absolute Gasteiger partial charge is 0.372 e. The van der Waals surface area contributed by atoms with Gasteiger partial charge in [-0.25, -0.2) is 9.97 Å². The summed E-state index contributed by atoms with van der Waals surface area (Å²) in [6, 6.07) is 16.8. The number of pyridine rings is 1. The highest BCUT2D eigenvalue weighted by atomic mass is 35.5. The van der Waals surface area contributed by atoms with Crippen molar-refractivity contribution in [1.82, 2.24) is 15.0 Å². The quantitative estimate of drug-likeness (QED) is 0.411. The molecule has 2 heterocycles. The van der Waals surface area contributed by atoms with E-state index >= 15 is 0 Å². The highest BCUT2D eigenvalue weighted by Crippen LogP contribution is 2.24. The molecular weight excluding hydrogens is 398 g/mol. The number of rotatable bonds is 6. The molecule has 0 aliphatic heterocycles. The highest BCUT2D eigenvalue weighted by molar-refractivity contribution is 6.29. The maximum atomic E-state index is 12.7. The average Bonchev–Trinajstić information content (AvgIpc) is 3.19. The van der Waals surface area contributed by atoms with Crippen molar-refractivity contribution >= 4 is 39.9 Å². The molecule has 6 nitrogen and oxygen atoms in total. The lowest BCUT2D eigenvalue weighted by atomic mass is 10.1. The number of carbonyl (C=O) groups excluding carboxylic acids is 1. The molecule has 0 saturated heterocycles. The van der Waals surface area contributed by atoms with Crippen molar-refractivity contribution in [2.24, 2.45) is 0 Å². The second-order valence-corrected chi connectivity index (χ2v) is 7.25. The molecule has 0 fully saturated rings. The summed E-state index contributed by atoms with van der Waals surface area (Å²) in [5, 5.41) is 3.39. The van der Waals surface area contributed by atoms with E-state index in [2.05, 4.69) is 39.0 Å². The van der Waals surface area contributed by atoms with E-state index in [1.54, 1.807) is 12.3 Å². The van der Waals surface area contributed by atoms with Crippen molar-refractivity contribution in [1.29, 1.82) is 0 Å². The maximum Gasteiger partial charge on any atom is 0.255 e. The van der Waals surface area contributed by atoms with E-state index in [0.717, 1.165) is 35.4 Å². The third-order valence-electron chi connectivity index (χ3n) is 5.00. The molecule has 1 amide bonds. The van der Waals surface area contributed by atoms with E-state index < -0.39 is 0 Å². The van der Waals surface area contributed by atoms with E-state index in [9.17, 15) is 4.79 Å². The lowest BCUT2D eigenvalue weighted by molar-refractivity contribution is 0.102. The lowest BCUT2D eigenvalue weighted by Gasteiger charge is -2.21. The Balaban J connectivity index is 1.52. The highest BCUT2D eigenvalue weighted by Gasteiger charge is 2.10. The molecule has 2 N–H and O–H groups in total. The third-order valence-corrected chi connectivity index (χ3v) is 5.22. The first-order valence-electron chi connectivity index (χ1n) is 9.85. The van der Waals surface area contributed by atoms with Gasteiger partial charge in [0.1, 0.15) is 11.0 Å². The van der Waals surface area contributed by atoms with Gasteiger partial charge in [0.05, 0.1) is 11.0 Å². The van der Waals surface area contributed by atoms with Gasteiger partial charge in [0, 0.05) is 41.8 Å². The SMILES string of the molecule is CCN(CC)c1ccc(C(=O)Nc2ccc3nc(-c4ccc(Cl)nc4)[nH]c3c2)cc1. The number of imidazole rings is 1. The van der Waals surface area contributed by atoms with Gasteiger partial charge in [0.2, 0.25) is 0 Å². The summed E-state index contributed by atoms with van der Waals surface area (Å²) in [4.78, 5) is 26.8. The van der Waals surface area contributed by atoms with Crippen LogP contribution in [0.15, 0.2) is 60.8 Å². The Morgan fingerprint density at radius 2 is 1.83 bits per heavy atom. The van der Waals surface area contributed by atoms with E-state index in [-0.39, 0.29) is 5.91 Å². The van der Waals surface area contributed by atoms with Gasteiger partial charge in [-0.05, 0) is 68.4 Å². The molecule has 0 bridgehead atoms. The smallest absolute Gasteiger partial charge is 0.255 e. The Labute approximate surface area is 179 Å². The molecule has 2 aromatic heterocycles. The van der Waals surface area contributed by atoms with Gasteiger partial charge in [-0.15, -0.1) is 0 Å². The van der Waals surface area contributed by atoms with Crippen molar-refractivity contribution in [3.8, 4) is 11.4 Å². The average molecular weight is 420 g/mol. The van der Waals surface area contributed by atoms with Gasteiger partial charge in [0.15, 0.2) is 0 Å². The van der Waals surface area contributed by atoms with Crippen LogP contribution in [0.5, 0.6) is 0 Å². The zero-order valence-corrected chi connectivity index (χ0v) is 17.6. The number of aromatic nitrogens is 3. The molecule has 0 aliphatic rings. The van der Waals surface area contributed by atoms with Crippen molar-refractivity contribution < 1.29 is 4.79 Å². The fraction of sp³-hybridized carbons (Fsp3) is 0.174. The number of benzene rings is 2. The van der Waals surface area contributed by atoms with Gasteiger partial charge in [0.25, 0.3) is 5.91 Å². The number of H-pyrrole nitrogens is 1. The van der Waals surface area contributed by atoms with Gasteiger partial charge >= 0.3 is 0 Å². The Morgan fingerprint density at radius 1 is 1.07 bits per heavy atom. The molecule has 0 spiro atoms. The summed E-state index contributed by atoms with van der Waals surface area (Å²) in [5.41, 5.74) is 4.90. The van der Waals surface area contributed by atoms with Gasteiger partial charge in [-0.1, -0.05) is 11.6 Å². The molecule has 152 valence electrons. The van der Waals surface area contributed by atoms with Gasteiger partial charge in [-0.2, -0.15) is 0 Å². The molecule has 4 rings (SSSR count). The molecule has 4 aromatic rings. The van der Waals surface area contributed by atoms with Crippen molar-refractivity contribution in [2.45, 2.75) is 13.8 Å². The van der Waals surface area contributed by atoms with Crippen LogP contribution in [0.25, 0.3) is 22.4 Å². The van der Waals surface area contributed by atoms with Crippen LogP contribution in [0.4, 0.5) is 11.4 Å². The molecule has 2 aromatic carbocycles. The first kappa shape index (κ1) is 19.9. The van der Waals surface area contributed by atoms with Crippen LogP contribution < -0.4 is 10.2 Å². The first-order chi connectivity index (χ1) is 14.6. The predicted molar refractivity (Wildman–Crippen MR) is 122 cm³/mol. The van der Waals surface area contributed by atoms with Gasteiger partial charge in [-0.3, -0.25) is 4.79 Å². The summed E-state index contributed by atoms with van der Waals surface area (Å²) < 4.78 is 0. The summed E-state index contributed by atoms with van der Waals surface area (Å²) >= 11 is 5.85. The van der Waals surface area contributed by atoms with Crippen LogP contribution in [0.1, 0.15) is 24.2 Å². The van der Waals surface area contributed by atoms with Crippen molar-refractivity contribution in [2.75, 3.05) is 23.3 Å².